The molecule has 1 unspecified atom stereocenters. The number of anilines is 1. The number of nitrogens with two attached hydrogens (primary N) is 1. The Kier molecular flexibility index (Phi) is 5.26. The summed E-state index contributed by atoms with van der Waals surface area (Å²) in [5.41, 5.74) is 8.98. The Morgan fingerprint density at radius 1 is 1.35 bits per heavy atom. The number of nitrogens with zero attached hydrogens (tertiary/aromatic N) is 2. The zero-order chi connectivity index (χ0) is 14.5. The summed E-state index contributed by atoms with van der Waals surface area (Å²) < 4.78 is 0. The summed E-state index contributed by atoms with van der Waals surface area (Å²) in [7, 11) is 2.16. The minimum atomic E-state index is 0.583. The van der Waals surface area contributed by atoms with E-state index in [4.69, 9.17) is 10.7 Å². The number of aromatic nitrogens is 1. The molecule has 0 aliphatic rings. The molecule has 1 aromatic carbocycles. The van der Waals surface area contributed by atoms with Gasteiger partial charge in [0.2, 0.25) is 0 Å². The minimum Gasteiger partial charge on any atom is -0.398 e. The lowest BCUT2D eigenvalue weighted by atomic mass is 10.1. The number of thioether (sulfide) groups is 1. The molecule has 0 radical (unpaired) electrons. The molecule has 0 bridgehead atoms. The molecule has 0 fully saturated rings. The second-order valence-electron chi connectivity index (χ2n) is 5.15. The molecule has 1 heterocycles. The molecule has 0 aliphatic heterocycles. The van der Waals surface area contributed by atoms with Gasteiger partial charge in [-0.1, -0.05) is 25.1 Å². The maximum atomic E-state index is 6.14. The van der Waals surface area contributed by atoms with Crippen molar-refractivity contribution < 1.29 is 0 Å². The molecule has 2 aromatic rings. The standard InChI is InChI=1S/C16H23N3S/c1-4-13(11-20-3)19(2)10-12-9-15(17)14-7-5-6-8-16(14)18-12/h5-9,13H,4,10-11H2,1-3H3,(H2,17,18). The van der Waals surface area contributed by atoms with Crippen molar-refractivity contribution in [1.82, 2.24) is 9.88 Å². The lowest BCUT2D eigenvalue weighted by molar-refractivity contribution is 0.245. The van der Waals surface area contributed by atoms with E-state index in [-0.39, 0.29) is 0 Å². The van der Waals surface area contributed by atoms with Crippen molar-refractivity contribution in [3.8, 4) is 0 Å². The Labute approximate surface area is 125 Å². The van der Waals surface area contributed by atoms with Crippen LogP contribution in [0.5, 0.6) is 0 Å². The number of para-hydroxylation sites is 1. The second-order valence-corrected chi connectivity index (χ2v) is 6.06. The van der Waals surface area contributed by atoms with Crippen LogP contribution in [0.2, 0.25) is 0 Å². The summed E-state index contributed by atoms with van der Waals surface area (Å²) in [5, 5.41) is 1.04. The van der Waals surface area contributed by atoms with Gasteiger partial charge in [0.15, 0.2) is 0 Å². The Morgan fingerprint density at radius 3 is 2.80 bits per heavy atom. The maximum Gasteiger partial charge on any atom is 0.0726 e. The van der Waals surface area contributed by atoms with E-state index < -0.39 is 0 Å². The minimum absolute atomic E-state index is 0.583. The monoisotopic (exact) mass is 289 g/mol. The smallest absolute Gasteiger partial charge is 0.0726 e. The summed E-state index contributed by atoms with van der Waals surface area (Å²) in [6, 6.07) is 10.6. The van der Waals surface area contributed by atoms with Gasteiger partial charge in [-0.05, 0) is 31.9 Å². The number of rotatable bonds is 6. The van der Waals surface area contributed by atoms with Crippen molar-refractivity contribution in [3.05, 3.63) is 36.0 Å². The molecule has 0 amide bonds. The third kappa shape index (κ3) is 3.44. The molecule has 2 rings (SSSR count). The normalized spacial score (nSPS) is 13.0. The van der Waals surface area contributed by atoms with Gasteiger partial charge in [-0.2, -0.15) is 11.8 Å². The van der Waals surface area contributed by atoms with Crippen molar-refractivity contribution in [2.45, 2.75) is 25.9 Å². The van der Waals surface area contributed by atoms with Crippen LogP contribution in [0, 0.1) is 0 Å². The fourth-order valence-corrected chi connectivity index (χ4v) is 3.35. The van der Waals surface area contributed by atoms with Crippen LogP contribution >= 0.6 is 11.8 Å². The molecular weight excluding hydrogens is 266 g/mol. The molecule has 108 valence electrons. The Bertz CT molecular complexity index is 571. The van der Waals surface area contributed by atoms with Crippen molar-refractivity contribution in [2.24, 2.45) is 0 Å². The van der Waals surface area contributed by atoms with E-state index in [1.54, 1.807) is 0 Å². The number of fused-ring (bicyclic) bond motifs is 1. The van der Waals surface area contributed by atoms with Crippen molar-refractivity contribution in [1.29, 1.82) is 0 Å². The highest BCUT2D eigenvalue weighted by Crippen LogP contribution is 2.21. The number of hydrogen-bond donors (Lipinski definition) is 1. The molecule has 0 aliphatic carbocycles. The zero-order valence-electron chi connectivity index (χ0n) is 12.5. The van der Waals surface area contributed by atoms with Crippen LogP contribution < -0.4 is 5.73 Å². The van der Waals surface area contributed by atoms with Crippen LogP contribution in [0.3, 0.4) is 0 Å². The van der Waals surface area contributed by atoms with E-state index in [0.717, 1.165) is 41.0 Å². The van der Waals surface area contributed by atoms with Crippen molar-refractivity contribution in [2.75, 3.05) is 24.8 Å². The number of pyridine rings is 1. The summed E-state index contributed by atoms with van der Waals surface area (Å²) >= 11 is 1.89. The maximum absolute atomic E-state index is 6.14. The Morgan fingerprint density at radius 2 is 2.10 bits per heavy atom. The largest absolute Gasteiger partial charge is 0.398 e. The number of nitrogen functional groups attached to an aromatic ring is 1. The van der Waals surface area contributed by atoms with E-state index in [0.29, 0.717) is 6.04 Å². The van der Waals surface area contributed by atoms with Gasteiger partial charge in [-0.3, -0.25) is 9.88 Å². The van der Waals surface area contributed by atoms with E-state index in [2.05, 4.69) is 25.1 Å². The van der Waals surface area contributed by atoms with Crippen LogP contribution in [0.15, 0.2) is 30.3 Å². The van der Waals surface area contributed by atoms with Gasteiger partial charge in [0, 0.05) is 29.4 Å². The topological polar surface area (TPSA) is 42.1 Å². The molecule has 0 spiro atoms. The van der Waals surface area contributed by atoms with Gasteiger partial charge >= 0.3 is 0 Å². The van der Waals surface area contributed by atoms with E-state index >= 15 is 0 Å². The lowest BCUT2D eigenvalue weighted by Gasteiger charge is -2.26. The van der Waals surface area contributed by atoms with E-state index in [9.17, 15) is 0 Å². The highest BCUT2D eigenvalue weighted by Gasteiger charge is 2.13. The van der Waals surface area contributed by atoms with Crippen molar-refractivity contribution >= 4 is 28.4 Å². The summed E-state index contributed by atoms with van der Waals surface area (Å²) in [6.45, 7) is 3.08. The molecule has 1 aromatic heterocycles. The summed E-state index contributed by atoms with van der Waals surface area (Å²) in [4.78, 5) is 7.09. The summed E-state index contributed by atoms with van der Waals surface area (Å²) in [6.07, 6.45) is 3.31. The van der Waals surface area contributed by atoms with E-state index in [1.165, 1.54) is 0 Å². The van der Waals surface area contributed by atoms with Crippen molar-refractivity contribution in [3.63, 3.8) is 0 Å². The molecule has 1 atom stereocenters. The molecule has 2 N–H and O–H groups in total. The quantitative estimate of drug-likeness (QED) is 0.885. The summed E-state index contributed by atoms with van der Waals surface area (Å²) in [5.74, 6) is 1.15. The third-order valence-electron chi connectivity index (χ3n) is 3.67. The number of hydrogen-bond acceptors (Lipinski definition) is 4. The van der Waals surface area contributed by atoms with Gasteiger partial charge < -0.3 is 5.73 Å². The van der Waals surface area contributed by atoms with Crippen LogP contribution in [-0.4, -0.2) is 35.0 Å². The average Bonchev–Trinajstić information content (AvgIpc) is 2.44. The van der Waals surface area contributed by atoms with Gasteiger partial charge in [-0.25, -0.2) is 0 Å². The molecular formula is C16H23N3S. The predicted octanol–water partition coefficient (Wildman–Crippen LogP) is 3.39. The highest BCUT2D eigenvalue weighted by atomic mass is 32.2. The van der Waals surface area contributed by atoms with Gasteiger partial charge in [0.05, 0.1) is 11.2 Å². The van der Waals surface area contributed by atoms with Gasteiger partial charge in [0.25, 0.3) is 0 Å². The first-order chi connectivity index (χ1) is 9.65. The third-order valence-corrected chi connectivity index (χ3v) is 4.38. The van der Waals surface area contributed by atoms with Crippen LogP contribution in [0.25, 0.3) is 10.9 Å². The first-order valence-electron chi connectivity index (χ1n) is 6.99. The number of benzene rings is 1. The highest BCUT2D eigenvalue weighted by molar-refractivity contribution is 7.98. The fourth-order valence-electron chi connectivity index (χ4n) is 2.47. The first-order valence-corrected chi connectivity index (χ1v) is 8.38. The predicted molar refractivity (Wildman–Crippen MR) is 90.1 cm³/mol. The first kappa shape index (κ1) is 15.1. The van der Waals surface area contributed by atoms with E-state index in [1.807, 2.05) is 42.1 Å². The molecule has 0 saturated carbocycles. The molecule has 20 heavy (non-hydrogen) atoms. The van der Waals surface area contributed by atoms with Gasteiger partial charge in [-0.15, -0.1) is 0 Å². The fraction of sp³-hybridized carbons (Fsp3) is 0.438. The SMILES string of the molecule is CCC(CSC)N(C)Cc1cc(N)c2ccccc2n1. The average molecular weight is 289 g/mol. The zero-order valence-corrected chi connectivity index (χ0v) is 13.3. The lowest BCUT2D eigenvalue weighted by Crippen LogP contribution is -2.33. The van der Waals surface area contributed by atoms with Crippen LogP contribution in [0.4, 0.5) is 5.69 Å². The van der Waals surface area contributed by atoms with Gasteiger partial charge in [0.1, 0.15) is 0 Å². The van der Waals surface area contributed by atoms with Crippen LogP contribution in [-0.2, 0) is 6.54 Å². The second kappa shape index (κ2) is 6.95. The molecule has 0 saturated heterocycles. The molecule has 3 nitrogen and oxygen atoms in total. The Hall–Kier alpha value is -1.26. The molecule has 4 heteroatoms. The Balaban J connectivity index is 2.21. The van der Waals surface area contributed by atoms with Crippen LogP contribution in [0.1, 0.15) is 19.0 Å².